The summed E-state index contributed by atoms with van der Waals surface area (Å²) in [6, 6.07) is 5.49. The molecular weight excluding hydrogens is 344 g/mol. The molecule has 2 atom stereocenters. The van der Waals surface area contributed by atoms with E-state index in [2.05, 4.69) is 19.2 Å². The van der Waals surface area contributed by atoms with Gasteiger partial charge in [0, 0.05) is 18.1 Å². The normalized spacial score (nSPS) is 25.6. The van der Waals surface area contributed by atoms with Gasteiger partial charge < -0.3 is 10.1 Å². The summed E-state index contributed by atoms with van der Waals surface area (Å²) in [7, 11) is 0. The number of nitrogens with one attached hydrogen (secondary N) is 1. The number of hydrogen-bond acceptors (Lipinski definition) is 2. The van der Waals surface area contributed by atoms with Crippen LogP contribution in [0.4, 0.5) is 10.1 Å². The van der Waals surface area contributed by atoms with Crippen molar-refractivity contribution in [2.24, 2.45) is 5.41 Å². The lowest BCUT2D eigenvalue weighted by Gasteiger charge is -2.52. The fourth-order valence-electron chi connectivity index (χ4n) is 2.42. The topological polar surface area (TPSA) is 21.3 Å². The maximum Gasteiger partial charge on any atom is 0.138 e. The van der Waals surface area contributed by atoms with E-state index in [0.29, 0.717) is 15.7 Å². The molecule has 1 fully saturated rings. The zero-order chi connectivity index (χ0) is 13.3. The Hall–Kier alpha value is -0.360. The van der Waals surface area contributed by atoms with Crippen LogP contribution in [0.5, 0.6) is 0 Å². The monoisotopic (exact) mass is 363 g/mol. The van der Waals surface area contributed by atoms with Crippen molar-refractivity contribution in [3.8, 4) is 0 Å². The van der Waals surface area contributed by atoms with Gasteiger partial charge in [0.2, 0.25) is 0 Å². The molecule has 18 heavy (non-hydrogen) atoms. The van der Waals surface area contributed by atoms with Gasteiger partial charge in [-0.2, -0.15) is 0 Å². The molecule has 0 amide bonds. The number of rotatable bonds is 4. The summed E-state index contributed by atoms with van der Waals surface area (Å²) in [6.45, 7) is 7.16. The lowest BCUT2D eigenvalue weighted by molar-refractivity contribution is -0.0976. The zero-order valence-corrected chi connectivity index (χ0v) is 13.1. The summed E-state index contributed by atoms with van der Waals surface area (Å²) in [5.41, 5.74) is 0.967. The Balaban J connectivity index is 2.06. The van der Waals surface area contributed by atoms with Gasteiger partial charge >= 0.3 is 0 Å². The van der Waals surface area contributed by atoms with Gasteiger partial charge in [-0.05, 0) is 48.1 Å². The second kappa shape index (κ2) is 5.33. The molecule has 1 aliphatic carbocycles. The number of halogens is 2. The van der Waals surface area contributed by atoms with Crippen molar-refractivity contribution < 1.29 is 9.13 Å². The van der Waals surface area contributed by atoms with Gasteiger partial charge in [0.15, 0.2) is 0 Å². The second-order valence-electron chi connectivity index (χ2n) is 5.30. The van der Waals surface area contributed by atoms with Crippen molar-refractivity contribution in [3.63, 3.8) is 0 Å². The average molecular weight is 363 g/mol. The molecule has 0 saturated heterocycles. The third kappa shape index (κ3) is 2.50. The lowest BCUT2D eigenvalue weighted by Crippen LogP contribution is -2.58. The highest BCUT2D eigenvalue weighted by molar-refractivity contribution is 14.1. The molecule has 0 radical (unpaired) electrons. The van der Waals surface area contributed by atoms with Crippen LogP contribution in [0.2, 0.25) is 0 Å². The van der Waals surface area contributed by atoms with Crippen LogP contribution in [0.25, 0.3) is 0 Å². The molecule has 0 aromatic heterocycles. The van der Waals surface area contributed by atoms with E-state index < -0.39 is 0 Å². The molecule has 1 N–H and O–H groups in total. The highest BCUT2D eigenvalue weighted by atomic mass is 127. The van der Waals surface area contributed by atoms with E-state index in [0.717, 1.165) is 18.7 Å². The second-order valence-corrected chi connectivity index (χ2v) is 6.38. The molecule has 0 aliphatic heterocycles. The van der Waals surface area contributed by atoms with Gasteiger partial charge in [0.1, 0.15) is 5.82 Å². The zero-order valence-electron chi connectivity index (χ0n) is 11.0. The van der Waals surface area contributed by atoms with Crippen molar-refractivity contribution in [3.05, 3.63) is 27.6 Å². The number of ether oxygens (including phenoxy) is 1. The fourth-order valence-corrected chi connectivity index (χ4v) is 2.93. The fraction of sp³-hybridized carbons (Fsp3) is 0.571. The third-order valence-electron chi connectivity index (χ3n) is 3.83. The van der Waals surface area contributed by atoms with Gasteiger partial charge in [0.25, 0.3) is 0 Å². The molecule has 1 aliphatic rings. The van der Waals surface area contributed by atoms with Crippen molar-refractivity contribution in [2.45, 2.75) is 39.3 Å². The average Bonchev–Trinajstić information content (AvgIpc) is 2.33. The standard InChI is InChI=1S/C14H19FINO/c1-4-18-12-8-11(14(12,2)3)17-10-7-5-6-9(15)13(10)16/h5-7,11-12,17H,4,8H2,1-3H3. The quantitative estimate of drug-likeness (QED) is 0.816. The first-order valence-electron chi connectivity index (χ1n) is 6.29. The number of benzene rings is 1. The summed E-state index contributed by atoms with van der Waals surface area (Å²) < 4.78 is 19.8. The summed E-state index contributed by atoms with van der Waals surface area (Å²) >= 11 is 2.04. The molecule has 1 aromatic rings. The highest BCUT2D eigenvalue weighted by Gasteiger charge is 2.49. The van der Waals surface area contributed by atoms with E-state index in [1.54, 1.807) is 6.07 Å². The van der Waals surface area contributed by atoms with Gasteiger partial charge in [-0.15, -0.1) is 0 Å². The summed E-state index contributed by atoms with van der Waals surface area (Å²) in [6.07, 6.45) is 1.28. The van der Waals surface area contributed by atoms with Crippen LogP contribution in [0.3, 0.4) is 0 Å². The van der Waals surface area contributed by atoms with Crippen molar-refractivity contribution >= 4 is 28.3 Å². The number of anilines is 1. The van der Waals surface area contributed by atoms with Crippen molar-refractivity contribution in [1.29, 1.82) is 0 Å². The van der Waals surface area contributed by atoms with Crippen molar-refractivity contribution in [2.75, 3.05) is 11.9 Å². The predicted molar refractivity (Wildman–Crippen MR) is 80.3 cm³/mol. The van der Waals surface area contributed by atoms with Crippen LogP contribution in [0.15, 0.2) is 18.2 Å². The molecule has 0 heterocycles. The molecule has 2 rings (SSSR count). The Bertz CT molecular complexity index is 436. The van der Waals surface area contributed by atoms with Gasteiger partial charge in [-0.3, -0.25) is 0 Å². The van der Waals surface area contributed by atoms with Crippen LogP contribution in [-0.2, 0) is 4.74 Å². The summed E-state index contributed by atoms with van der Waals surface area (Å²) in [4.78, 5) is 0. The van der Waals surface area contributed by atoms with E-state index in [1.165, 1.54) is 6.07 Å². The molecule has 2 unspecified atom stereocenters. The largest absolute Gasteiger partial charge is 0.381 e. The highest BCUT2D eigenvalue weighted by Crippen LogP contribution is 2.44. The Morgan fingerprint density at radius 2 is 2.22 bits per heavy atom. The Morgan fingerprint density at radius 1 is 1.50 bits per heavy atom. The molecule has 2 nitrogen and oxygen atoms in total. The minimum Gasteiger partial charge on any atom is -0.381 e. The first-order valence-corrected chi connectivity index (χ1v) is 7.36. The van der Waals surface area contributed by atoms with Gasteiger partial charge in [0.05, 0.1) is 15.4 Å². The SMILES string of the molecule is CCOC1CC(Nc2cccc(F)c2I)C1(C)C. The molecule has 0 bridgehead atoms. The minimum absolute atomic E-state index is 0.0887. The maximum atomic E-state index is 13.5. The molecule has 100 valence electrons. The molecule has 1 saturated carbocycles. The Labute approximate surface area is 121 Å². The van der Waals surface area contributed by atoms with Gasteiger partial charge in [-0.25, -0.2) is 4.39 Å². The van der Waals surface area contributed by atoms with Crippen LogP contribution in [-0.4, -0.2) is 18.8 Å². The Morgan fingerprint density at radius 3 is 2.83 bits per heavy atom. The van der Waals surface area contributed by atoms with E-state index in [1.807, 2.05) is 35.6 Å². The minimum atomic E-state index is -0.168. The third-order valence-corrected chi connectivity index (χ3v) is 4.92. The molecular formula is C14H19FINO. The van der Waals surface area contributed by atoms with E-state index in [9.17, 15) is 4.39 Å². The maximum absolute atomic E-state index is 13.5. The number of hydrogen-bond donors (Lipinski definition) is 1. The predicted octanol–water partition coefficient (Wildman–Crippen LogP) is 4.05. The van der Waals surface area contributed by atoms with E-state index >= 15 is 0 Å². The first-order chi connectivity index (χ1) is 8.46. The van der Waals surface area contributed by atoms with Crippen LogP contribution in [0, 0.1) is 14.8 Å². The first kappa shape index (κ1) is 14.1. The van der Waals surface area contributed by atoms with Gasteiger partial charge in [-0.1, -0.05) is 19.9 Å². The van der Waals surface area contributed by atoms with Crippen LogP contribution >= 0.6 is 22.6 Å². The van der Waals surface area contributed by atoms with E-state index in [4.69, 9.17) is 4.74 Å². The smallest absolute Gasteiger partial charge is 0.138 e. The van der Waals surface area contributed by atoms with Crippen LogP contribution in [0.1, 0.15) is 27.2 Å². The van der Waals surface area contributed by atoms with Crippen LogP contribution < -0.4 is 5.32 Å². The summed E-state index contributed by atoms with van der Waals surface area (Å²) in [5, 5.41) is 3.44. The van der Waals surface area contributed by atoms with E-state index in [-0.39, 0.29) is 11.2 Å². The molecule has 1 aromatic carbocycles. The van der Waals surface area contributed by atoms with Crippen molar-refractivity contribution in [1.82, 2.24) is 0 Å². The molecule has 4 heteroatoms. The summed E-state index contributed by atoms with van der Waals surface area (Å²) in [5.74, 6) is -0.168. The molecule has 0 spiro atoms. The lowest BCUT2D eigenvalue weighted by atomic mass is 9.64. The Kier molecular flexibility index (Phi) is 4.16.